The Morgan fingerprint density at radius 3 is 2.59 bits per heavy atom. The number of aryl methyl sites for hydroxylation is 1. The molecular formula is C17H18BrF2N5O2. The minimum absolute atomic E-state index is 0.231. The Kier molecular flexibility index (Phi) is 5.45. The third-order valence-corrected chi connectivity index (χ3v) is 5.18. The fraction of sp³-hybridized carbons (Fsp3) is 0.353. The molecule has 0 radical (unpaired) electrons. The van der Waals surface area contributed by atoms with Gasteiger partial charge in [0, 0.05) is 17.7 Å². The predicted octanol–water partition coefficient (Wildman–Crippen LogP) is 2.92. The van der Waals surface area contributed by atoms with Crippen molar-refractivity contribution in [2.75, 3.05) is 5.43 Å². The van der Waals surface area contributed by atoms with E-state index in [0.717, 1.165) is 15.6 Å². The van der Waals surface area contributed by atoms with E-state index in [0.29, 0.717) is 18.5 Å². The second kappa shape index (κ2) is 7.63. The van der Waals surface area contributed by atoms with Crippen LogP contribution in [-0.2, 0) is 11.8 Å². The highest BCUT2D eigenvalue weighted by atomic mass is 79.9. The van der Waals surface area contributed by atoms with Gasteiger partial charge in [0.2, 0.25) is 0 Å². The molecule has 1 aliphatic rings. The molecule has 0 saturated heterocycles. The van der Waals surface area contributed by atoms with Crippen molar-refractivity contribution in [2.24, 2.45) is 7.05 Å². The number of hydrazine groups is 1. The van der Waals surface area contributed by atoms with Gasteiger partial charge in [0.25, 0.3) is 18.2 Å². The van der Waals surface area contributed by atoms with E-state index in [9.17, 15) is 18.4 Å². The number of rotatable bonds is 6. The van der Waals surface area contributed by atoms with Crippen LogP contribution < -0.4 is 16.2 Å². The minimum Gasteiger partial charge on any atom is -0.337 e. The van der Waals surface area contributed by atoms with Crippen LogP contribution in [0.1, 0.15) is 41.7 Å². The number of nitrogens with zero attached hydrogens (tertiary/aromatic N) is 2. The second-order valence-electron chi connectivity index (χ2n) is 6.35. The van der Waals surface area contributed by atoms with Crippen molar-refractivity contribution >= 4 is 33.4 Å². The van der Waals surface area contributed by atoms with Crippen LogP contribution in [0.3, 0.4) is 0 Å². The summed E-state index contributed by atoms with van der Waals surface area (Å²) in [5.41, 5.74) is 4.06. The number of aromatic nitrogens is 2. The zero-order chi connectivity index (χ0) is 19.6. The maximum Gasteiger partial charge on any atom is 0.282 e. The van der Waals surface area contributed by atoms with Gasteiger partial charge in [-0.05, 0) is 47.3 Å². The highest BCUT2D eigenvalue weighted by Crippen LogP contribution is 2.33. The summed E-state index contributed by atoms with van der Waals surface area (Å²) < 4.78 is 28.1. The summed E-state index contributed by atoms with van der Waals surface area (Å²) in [6, 6.07) is 7.21. The molecule has 2 amide bonds. The fourth-order valence-corrected chi connectivity index (χ4v) is 3.26. The molecule has 144 valence electrons. The van der Waals surface area contributed by atoms with Crippen LogP contribution in [0.4, 0.5) is 14.5 Å². The summed E-state index contributed by atoms with van der Waals surface area (Å²) in [5.74, 6) is -1.17. The molecule has 0 atom stereocenters. The molecule has 1 aromatic heterocycles. The molecule has 0 unspecified atom stereocenters. The fourth-order valence-electron chi connectivity index (χ4n) is 2.87. The minimum atomic E-state index is -2.88. The quantitative estimate of drug-likeness (QED) is 0.601. The van der Waals surface area contributed by atoms with E-state index in [-0.39, 0.29) is 5.56 Å². The number of hydrogen-bond acceptors (Lipinski definition) is 4. The number of benzene rings is 1. The monoisotopic (exact) mass is 441 g/mol. The lowest BCUT2D eigenvalue weighted by Gasteiger charge is -2.40. The van der Waals surface area contributed by atoms with Gasteiger partial charge < -0.3 is 5.32 Å². The Hall–Kier alpha value is -2.49. The molecule has 0 bridgehead atoms. The molecule has 1 fully saturated rings. The lowest BCUT2D eigenvalue weighted by atomic mass is 9.76. The summed E-state index contributed by atoms with van der Waals surface area (Å²) in [4.78, 5) is 25.2. The van der Waals surface area contributed by atoms with Gasteiger partial charge in [-0.25, -0.2) is 8.78 Å². The van der Waals surface area contributed by atoms with E-state index in [1.165, 1.54) is 13.2 Å². The van der Waals surface area contributed by atoms with Crippen molar-refractivity contribution < 1.29 is 18.4 Å². The zero-order valence-corrected chi connectivity index (χ0v) is 16.0. The molecule has 1 heterocycles. The molecule has 2 aromatic rings. The first-order chi connectivity index (χ1) is 12.8. The number of nitrogens with one attached hydrogen (secondary N) is 3. The summed E-state index contributed by atoms with van der Waals surface area (Å²) in [5, 5.41) is 6.24. The molecule has 0 spiro atoms. The van der Waals surface area contributed by atoms with Crippen molar-refractivity contribution in [3.05, 3.63) is 46.2 Å². The van der Waals surface area contributed by atoms with Gasteiger partial charge in [0.05, 0.1) is 11.3 Å². The molecule has 1 aromatic carbocycles. The number of carbonyl (C=O) groups is 2. The number of alkyl halides is 2. The first kappa shape index (κ1) is 19.3. The van der Waals surface area contributed by atoms with Crippen molar-refractivity contribution in [2.45, 2.75) is 31.2 Å². The Morgan fingerprint density at radius 1 is 1.30 bits per heavy atom. The van der Waals surface area contributed by atoms with Crippen molar-refractivity contribution in [3.63, 3.8) is 0 Å². The van der Waals surface area contributed by atoms with Gasteiger partial charge in [-0.3, -0.25) is 25.1 Å². The SMILES string of the molecule is Cn1cc(C(=O)NC2(C(=O)NNc3ccccc3Br)CCC2)c(C(F)F)n1. The average Bonchev–Trinajstić information content (AvgIpc) is 2.99. The Morgan fingerprint density at radius 2 is 2.00 bits per heavy atom. The van der Waals surface area contributed by atoms with E-state index < -0.39 is 29.5 Å². The van der Waals surface area contributed by atoms with Gasteiger partial charge in [-0.2, -0.15) is 5.10 Å². The summed E-state index contributed by atoms with van der Waals surface area (Å²) in [6.45, 7) is 0. The smallest absolute Gasteiger partial charge is 0.282 e. The van der Waals surface area contributed by atoms with E-state index in [1.807, 2.05) is 12.1 Å². The Bertz CT molecular complexity index is 867. The third kappa shape index (κ3) is 3.95. The van der Waals surface area contributed by atoms with Crippen LogP contribution in [0.5, 0.6) is 0 Å². The van der Waals surface area contributed by atoms with Crippen molar-refractivity contribution in [3.8, 4) is 0 Å². The number of anilines is 1. The van der Waals surface area contributed by atoms with Crippen LogP contribution >= 0.6 is 15.9 Å². The summed E-state index contributed by atoms with van der Waals surface area (Å²) in [7, 11) is 1.45. The molecule has 0 aliphatic heterocycles. The number of amides is 2. The van der Waals surface area contributed by atoms with E-state index in [1.54, 1.807) is 12.1 Å². The second-order valence-corrected chi connectivity index (χ2v) is 7.21. The first-order valence-electron chi connectivity index (χ1n) is 8.27. The van der Waals surface area contributed by atoms with Crippen LogP contribution in [-0.4, -0.2) is 27.1 Å². The van der Waals surface area contributed by atoms with E-state index in [2.05, 4.69) is 37.2 Å². The van der Waals surface area contributed by atoms with Crippen LogP contribution in [0.2, 0.25) is 0 Å². The van der Waals surface area contributed by atoms with Crippen molar-refractivity contribution in [1.82, 2.24) is 20.5 Å². The molecule has 3 rings (SSSR count). The number of para-hydroxylation sites is 1. The molecule has 27 heavy (non-hydrogen) atoms. The average molecular weight is 442 g/mol. The number of halogens is 3. The van der Waals surface area contributed by atoms with Crippen LogP contribution in [0.15, 0.2) is 34.9 Å². The Labute approximate surface area is 162 Å². The maximum absolute atomic E-state index is 13.1. The highest BCUT2D eigenvalue weighted by molar-refractivity contribution is 9.10. The molecule has 7 nitrogen and oxygen atoms in total. The van der Waals surface area contributed by atoms with Gasteiger partial charge in [0.15, 0.2) is 0 Å². The summed E-state index contributed by atoms with van der Waals surface area (Å²) in [6.07, 6.45) is -0.0631. The van der Waals surface area contributed by atoms with Crippen LogP contribution in [0, 0.1) is 0 Å². The topological polar surface area (TPSA) is 88.0 Å². The van der Waals surface area contributed by atoms with Gasteiger partial charge in [-0.15, -0.1) is 0 Å². The lowest BCUT2D eigenvalue weighted by Crippen LogP contribution is -2.63. The number of carbonyl (C=O) groups excluding carboxylic acids is 2. The number of hydrogen-bond donors (Lipinski definition) is 3. The van der Waals surface area contributed by atoms with E-state index >= 15 is 0 Å². The van der Waals surface area contributed by atoms with Crippen molar-refractivity contribution in [1.29, 1.82) is 0 Å². The largest absolute Gasteiger partial charge is 0.337 e. The van der Waals surface area contributed by atoms with Gasteiger partial charge >= 0.3 is 0 Å². The first-order valence-corrected chi connectivity index (χ1v) is 9.07. The molecule has 10 heteroatoms. The Balaban J connectivity index is 1.71. The maximum atomic E-state index is 13.1. The normalized spacial score (nSPS) is 15.1. The highest BCUT2D eigenvalue weighted by Gasteiger charge is 2.46. The van der Waals surface area contributed by atoms with Gasteiger partial charge in [-0.1, -0.05) is 12.1 Å². The molecule has 1 saturated carbocycles. The molecular weight excluding hydrogens is 424 g/mol. The van der Waals surface area contributed by atoms with E-state index in [4.69, 9.17) is 0 Å². The summed E-state index contributed by atoms with van der Waals surface area (Å²) >= 11 is 3.36. The lowest BCUT2D eigenvalue weighted by molar-refractivity contribution is -0.130. The molecule has 3 N–H and O–H groups in total. The van der Waals surface area contributed by atoms with Crippen LogP contribution in [0.25, 0.3) is 0 Å². The molecule has 1 aliphatic carbocycles. The predicted molar refractivity (Wildman–Crippen MR) is 98.1 cm³/mol. The standard InChI is InChI=1S/C17H18BrF2N5O2/c1-25-9-10(13(24-25)14(19)20)15(26)21-17(7-4-8-17)16(27)23-22-12-6-3-2-5-11(12)18/h2-3,5-6,9,14,22H,4,7-8H2,1H3,(H,21,26)(H,23,27). The third-order valence-electron chi connectivity index (χ3n) is 4.49. The van der Waals surface area contributed by atoms with Gasteiger partial charge in [0.1, 0.15) is 11.2 Å². The zero-order valence-electron chi connectivity index (χ0n) is 14.4.